The van der Waals surface area contributed by atoms with E-state index in [9.17, 15) is 4.79 Å². The van der Waals surface area contributed by atoms with Crippen LogP contribution in [0.15, 0.2) is 92.6 Å². The molecular weight excluding hydrogens is 458 g/mol. The Morgan fingerprint density at radius 2 is 1.75 bits per heavy atom. The highest BCUT2D eigenvalue weighted by atomic mass is 35.5. The first-order valence-electron chi connectivity index (χ1n) is 10.3. The molecule has 5 rings (SSSR count). The highest BCUT2D eigenvalue weighted by molar-refractivity contribution is 8.20. The summed E-state index contributed by atoms with van der Waals surface area (Å²) in [5.41, 5.74) is 3.80. The number of carbonyl (C=O) groups excluding carboxylic acids is 1. The predicted molar refractivity (Wildman–Crippen MR) is 137 cm³/mol. The SMILES string of the molecule is CCN1C(=C2SC(=Nc3ccc(Cl)cc3)N(c3cccc(C)c3)C2=O)Sc2ccccc21. The molecule has 7 heteroatoms. The number of aliphatic imine (C=N–C) groups is 1. The first kappa shape index (κ1) is 21.2. The van der Waals surface area contributed by atoms with Gasteiger partial charge in [-0.05, 0) is 79.7 Å². The molecule has 2 aliphatic rings. The molecule has 0 bridgehead atoms. The van der Waals surface area contributed by atoms with Gasteiger partial charge in [0.05, 0.1) is 17.1 Å². The number of benzene rings is 3. The number of nitrogens with zero attached hydrogens (tertiary/aromatic N) is 3. The fourth-order valence-corrected chi connectivity index (χ4v) is 6.24. The van der Waals surface area contributed by atoms with Crippen LogP contribution in [0.4, 0.5) is 17.1 Å². The summed E-state index contributed by atoms with van der Waals surface area (Å²) in [4.78, 5) is 24.4. The highest BCUT2D eigenvalue weighted by Gasteiger charge is 2.40. The number of fused-ring (bicyclic) bond motifs is 1. The molecule has 0 atom stereocenters. The molecule has 1 saturated heterocycles. The van der Waals surface area contributed by atoms with Gasteiger partial charge >= 0.3 is 0 Å². The normalized spacial score (nSPS) is 19.2. The molecule has 2 heterocycles. The summed E-state index contributed by atoms with van der Waals surface area (Å²) in [5.74, 6) is -0.0536. The number of thioether (sulfide) groups is 2. The molecule has 0 aliphatic carbocycles. The zero-order chi connectivity index (χ0) is 22.2. The number of para-hydroxylation sites is 1. The van der Waals surface area contributed by atoms with Gasteiger partial charge in [0, 0.05) is 16.5 Å². The number of aryl methyl sites for hydroxylation is 1. The van der Waals surface area contributed by atoms with Crippen molar-refractivity contribution in [3.8, 4) is 0 Å². The van der Waals surface area contributed by atoms with Gasteiger partial charge in [0.25, 0.3) is 5.91 Å². The average Bonchev–Trinajstić information content (AvgIpc) is 3.32. The minimum atomic E-state index is -0.0536. The third kappa shape index (κ3) is 3.83. The van der Waals surface area contributed by atoms with Gasteiger partial charge in [0.15, 0.2) is 5.17 Å². The Labute approximate surface area is 201 Å². The smallest absolute Gasteiger partial charge is 0.274 e. The number of hydrogen-bond donors (Lipinski definition) is 0. The van der Waals surface area contributed by atoms with Crippen LogP contribution in [0.5, 0.6) is 0 Å². The Bertz CT molecular complexity index is 1270. The lowest BCUT2D eigenvalue weighted by atomic mass is 10.2. The zero-order valence-corrected chi connectivity index (χ0v) is 20.0. The Morgan fingerprint density at radius 3 is 2.50 bits per heavy atom. The summed E-state index contributed by atoms with van der Waals surface area (Å²) < 4.78 is 0. The van der Waals surface area contributed by atoms with Crippen LogP contribution < -0.4 is 9.80 Å². The summed E-state index contributed by atoms with van der Waals surface area (Å²) in [6.45, 7) is 4.91. The number of rotatable bonds is 3. The monoisotopic (exact) mass is 477 g/mol. The molecule has 1 amide bonds. The lowest BCUT2D eigenvalue weighted by Gasteiger charge is -2.19. The van der Waals surface area contributed by atoms with E-state index >= 15 is 0 Å². The second kappa shape index (κ2) is 8.70. The van der Waals surface area contributed by atoms with Gasteiger partial charge in [0.1, 0.15) is 9.93 Å². The third-order valence-corrected chi connectivity index (χ3v) is 7.80. The number of amidine groups is 1. The predicted octanol–water partition coefficient (Wildman–Crippen LogP) is 7.22. The number of hydrogen-bond acceptors (Lipinski definition) is 5. The first-order valence-corrected chi connectivity index (χ1v) is 12.3. The van der Waals surface area contributed by atoms with Crippen molar-refractivity contribution in [3.05, 3.63) is 93.3 Å². The summed E-state index contributed by atoms with van der Waals surface area (Å²) in [5, 5.41) is 2.25. The van der Waals surface area contributed by atoms with Crippen molar-refractivity contribution in [3.63, 3.8) is 0 Å². The van der Waals surface area contributed by atoms with Gasteiger partial charge in [-0.3, -0.25) is 9.69 Å². The maximum absolute atomic E-state index is 13.8. The van der Waals surface area contributed by atoms with Crippen molar-refractivity contribution >= 4 is 63.3 Å². The van der Waals surface area contributed by atoms with E-state index in [1.54, 1.807) is 28.8 Å². The molecule has 0 spiro atoms. The van der Waals surface area contributed by atoms with Crippen LogP contribution in [0.25, 0.3) is 0 Å². The molecule has 1 fully saturated rings. The molecule has 2 aliphatic heterocycles. The van der Waals surface area contributed by atoms with E-state index in [1.165, 1.54) is 11.8 Å². The van der Waals surface area contributed by atoms with E-state index in [-0.39, 0.29) is 5.91 Å². The van der Waals surface area contributed by atoms with Crippen molar-refractivity contribution in [2.75, 3.05) is 16.3 Å². The van der Waals surface area contributed by atoms with Crippen molar-refractivity contribution in [1.29, 1.82) is 0 Å². The van der Waals surface area contributed by atoms with Gasteiger partial charge in [-0.15, -0.1) is 0 Å². The lowest BCUT2D eigenvalue weighted by molar-refractivity contribution is -0.113. The van der Waals surface area contributed by atoms with E-state index in [0.717, 1.165) is 39.1 Å². The van der Waals surface area contributed by atoms with E-state index in [2.05, 4.69) is 24.0 Å². The first-order chi connectivity index (χ1) is 15.5. The van der Waals surface area contributed by atoms with Gasteiger partial charge in [0.2, 0.25) is 0 Å². The fraction of sp³-hybridized carbons (Fsp3) is 0.120. The molecule has 3 aromatic rings. The van der Waals surface area contributed by atoms with Crippen molar-refractivity contribution in [1.82, 2.24) is 0 Å². The summed E-state index contributed by atoms with van der Waals surface area (Å²) in [6, 6.07) is 23.5. The largest absolute Gasteiger partial charge is 0.334 e. The van der Waals surface area contributed by atoms with Crippen LogP contribution in [0.1, 0.15) is 12.5 Å². The summed E-state index contributed by atoms with van der Waals surface area (Å²) >= 11 is 9.11. The molecule has 0 aromatic heterocycles. The van der Waals surface area contributed by atoms with Crippen LogP contribution in [-0.4, -0.2) is 17.6 Å². The van der Waals surface area contributed by atoms with Crippen molar-refractivity contribution in [2.45, 2.75) is 18.7 Å². The number of anilines is 2. The van der Waals surface area contributed by atoms with Crippen molar-refractivity contribution in [2.24, 2.45) is 4.99 Å². The zero-order valence-electron chi connectivity index (χ0n) is 17.6. The third-order valence-electron chi connectivity index (χ3n) is 5.21. The molecule has 0 unspecified atom stereocenters. The Morgan fingerprint density at radius 1 is 0.969 bits per heavy atom. The lowest BCUT2D eigenvalue weighted by Crippen LogP contribution is -2.29. The van der Waals surface area contributed by atoms with Crippen LogP contribution in [0, 0.1) is 6.92 Å². The molecule has 0 radical (unpaired) electrons. The van der Waals surface area contributed by atoms with E-state index in [1.807, 2.05) is 55.5 Å². The van der Waals surface area contributed by atoms with Crippen LogP contribution >= 0.6 is 35.1 Å². The molecule has 0 N–H and O–H groups in total. The van der Waals surface area contributed by atoms with Gasteiger partial charge in [-0.1, -0.05) is 47.6 Å². The van der Waals surface area contributed by atoms with E-state index in [4.69, 9.17) is 16.6 Å². The molecule has 3 aromatic carbocycles. The molecular formula is C25H20ClN3OS2. The minimum Gasteiger partial charge on any atom is -0.334 e. The molecule has 4 nitrogen and oxygen atoms in total. The standard InChI is InChI=1S/C25H20ClN3OS2/c1-3-28-20-9-4-5-10-21(20)31-24(28)22-23(30)29(19-8-6-7-16(2)15-19)25(32-22)27-18-13-11-17(26)12-14-18/h4-15H,3H2,1-2H3. The number of halogens is 1. The number of amides is 1. The topological polar surface area (TPSA) is 35.9 Å². The number of carbonyl (C=O) groups is 1. The van der Waals surface area contributed by atoms with Gasteiger partial charge in [-0.25, -0.2) is 4.99 Å². The minimum absolute atomic E-state index is 0.0536. The highest BCUT2D eigenvalue weighted by Crippen LogP contribution is 2.51. The van der Waals surface area contributed by atoms with Gasteiger partial charge < -0.3 is 4.90 Å². The van der Waals surface area contributed by atoms with Crippen LogP contribution in [-0.2, 0) is 4.79 Å². The van der Waals surface area contributed by atoms with Crippen LogP contribution in [0.3, 0.4) is 0 Å². The maximum Gasteiger partial charge on any atom is 0.274 e. The summed E-state index contributed by atoms with van der Waals surface area (Å²) in [6.07, 6.45) is 0. The van der Waals surface area contributed by atoms with E-state index in [0.29, 0.717) is 15.1 Å². The van der Waals surface area contributed by atoms with Gasteiger partial charge in [-0.2, -0.15) is 0 Å². The Balaban J connectivity index is 1.63. The Kier molecular flexibility index (Phi) is 5.76. The van der Waals surface area contributed by atoms with Crippen molar-refractivity contribution < 1.29 is 4.79 Å². The molecule has 0 saturated carbocycles. The fourth-order valence-electron chi connectivity index (χ4n) is 3.72. The average molecular weight is 478 g/mol. The van der Waals surface area contributed by atoms with Crippen LogP contribution in [0.2, 0.25) is 5.02 Å². The second-order valence-corrected chi connectivity index (χ2v) is 9.85. The second-order valence-electron chi connectivity index (χ2n) is 7.40. The summed E-state index contributed by atoms with van der Waals surface area (Å²) in [7, 11) is 0. The molecule has 160 valence electrons. The maximum atomic E-state index is 13.8. The quantitative estimate of drug-likeness (QED) is 0.373. The van der Waals surface area contributed by atoms with E-state index < -0.39 is 0 Å². The Hall–Kier alpha value is -2.67. The molecule has 32 heavy (non-hydrogen) atoms.